The molecular weight excluding hydrogens is 364 g/mol. The van der Waals surface area contributed by atoms with Gasteiger partial charge < -0.3 is 14.8 Å². The first-order valence-corrected chi connectivity index (χ1v) is 9.96. The molecule has 5 nitrogen and oxygen atoms in total. The molecule has 1 saturated heterocycles. The van der Waals surface area contributed by atoms with Gasteiger partial charge in [-0.2, -0.15) is 0 Å². The molecular formula is C24H26N2O3. The minimum atomic E-state index is -0.0658. The molecule has 1 aliphatic rings. The van der Waals surface area contributed by atoms with E-state index in [1.54, 1.807) is 7.11 Å². The Morgan fingerprint density at radius 1 is 1.00 bits per heavy atom. The zero-order valence-corrected chi connectivity index (χ0v) is 16.7. The molecule has 4 rings (SSSR count). The van der Waals surface area contributed by atoms with Crippen LogP contribution in [0.25, 0.3) is 10.8 Å². The van der Waals surface area contributed by atoms with Crippen LogP contribution in [0.15, 0.2) is 60.7 Å². The summed E-state index contributed by atoms with van der Waals surface area (Å²) in [6, 6.07) is 19.9. The number of benzene rings is 3. The van der Waals surface area contributed by atoms with Gasteiger partial charge in [0.05, 0.1) is 20.3 Å². The fourth-order valence-electron chi connectivity index (χ4n) is 3.65. The maximum atomic E-state index is 12.7. The van der Waals surface area contributed by atoms with Crippen molar-refractivity contribution in [1.29, 1.82) is 0 Å². The van der Waals surface area contributed by atoms with Crippen molar-refractivity contribution in [2.45, 2.75) is 13.1 Å². The van der Waals surface area contributed by atoms with E-state index in [-0.39, 0.29) is 5.91 Å². The molecule has 3 aromatic rings. The lowest BCUT2D eigenvalue weighted by Crippen LogP contribution is -2.36. The maximum Gasteiger partial charge on any atom is 0.251 e. The average Bonchev–Trinajstić information content (AvgIpc) is 2.78. The van der Waals surface area contributed by atoms with Gasteiger partial charge >= 0.3 is 0 Å². The Labute approximate surface area is 171 Å². The van der Waals surface area contributed by atoms with Gasteiger partial charge in [0.15, 0.2) is 0 Å². The van der Waals surface area contributed by atoms with Gasteiger partial charge in [-0.15, -0.1) is 0 Å². The van der Waals surface area contributed by atoms with Crippen LogP contribution >= 0.6 is 0 Å². The number of nitrogens with one attached hydrogen (secondary N) is 1. The summed E-state index contributed by atoms with van der Waals surface area (Å²) in [5.74, 6) is 0.746. The van der Waals surface area contributed by atoms with Crippen molar-refractivity contribution >= 4 is 16.7 Å². The first-order chi connectivity index (χ1) is 14.2. The number of fused-ring (bicyclic) bond motifs is 1. The molecule has 1 amide bonds. The van der Waals surface area contributed by atoms with Crippen molar-refractivity contribution in [1.82, 2.24) is 10.2 Å². The summed E-state index contributed by atoms with van der Waals surface area (Å²) in [5.41, 5.74) is 3.06. The van der Waals surface area contributed by atoms with Crippen LogP contribution in [0.1, 0.15) is 21.5 Å². The lowest BCUT2D eigenvalue weighted by atomic mass is 10.0. The maximum absolute atomic E-state index is 12.7. The lowest BCUT2D eigenvalue weighted by Gasteiger charge is -2.27. The van der Waals surface area contributed by atoms with E-state index >= 15 is 0 Å². The van der Waals surface area contributed by atoms with E-state index < -0.39 is 0 Å². The molecule has 0 unspecified atom stereocenters. The Bertz CT molecular complexity index is 996. The van der Waals surface area contributed by atoms with Gasteiger partial charge in [0.1, 0.15) is 5.75 Å². The molecule has 1 fully saturated rings. The van der Waals surface area contributed by atoms with E-state index in [1.807, 2.05) is 42.5 Å². The minimum Gasteiger partial charge on any atom is -0.497 e. The third-order valence-electron chi connectivity index (χ3n) is 5.37. The predicted octanol–water partition coefficient (Wildman–Crippen LogP) is 3.61. The molecule has 0 atom stereocenters. The topological polar surface area (TPSA) is 50.8 Å². The van der Waals surface area contributed by atoms with E-state index in [2.05, 4.69) is 28.4 Å². The highest BCUT2D eigenvalue weighted by Gasteiger charge is 2.13. The molecule has 0 bridgehead atoms. The predicted molar refractivity (Wildman–Crippen MR) is 114 cm³/mol. The van der Waals surface area contributed by atoms with Gasteiger partial charge in [-0.25, -0.2) is 0 Å². The first kappa shape index (κ1) is 19.4. The number of rotatable bonds is 6. The monoisotopic (exact) mass is 390 g/mol. The van der Waals surface area contributed by atoms with Crippen molar-refractivity contribution in [2.75, 3.05) is 33.4 Å². The molecule has 0 aliphatic carbocycles. The molecule has 0 spiro atoms. The standard InChI is InChI=1S/C24H26N2O3/c1-28-23-9-8-18-14-20(7-6-19(18)15-23)24(27)25-16-21-4-2-3-5-22(21)17-26-10-12-29-13-11-26/h2-9,14-15H,10-13,16-17H2,1H3,(H,25,27). The molecule has 1 heterocycles. The summed E-state index contributed by atoms with van der Waals surface area (Å²) in [6.45, 7) is 4.86. The Hall–Kier alpha value is -2.89. The molecule has 1 N–H and O–H groups in total. The number of methoxy groups -OCH3 is 1. The zero-order chi connectivity index (χ0) is 20.1. The van der Waals surface area contributed by atoms with Gasteiger partial charge in [-0.3, -0.25) is 9.69 Å². The fourth-order valence-corrected chi connectivity index (χ4v) is 3.65. The number of hydrogen-bond acceptors (Lipinski definition) is 4. The zero-order valence-electron chi connectivity index (χ0n) is 16.7. The number of carbonyl (C=O) groups excluding carboxylic acids is 1. The Kier molecular flexibility index (Phi) is 6.08. The Balaban J connectivity index is 1.43. The fraction of sp³-hybridized carbons (Fsp3) is 0.292. The minimum absolute atomic E-state index is 0.0658. The van der Waals surface area contributed by atoms with E-state index in [9.17, 15) is 4.79 Å². The van der Waals surface area contributed by atoms with Crippen molar-refractivity contribution in [2.24, 2.45) is 0 Å². The number of carbonyl (C=O) groups is 1. The largest absolute Gasteiger partial charge is 0.497 e. The molecule has 0 radical (unpaired) electrons. The van der Waals surface area contributed by atoms with Gasteiger partial charge in [-0.05, 0) is 46.2 Å². The van der Waals surface area contributed by atoms with E-state index in [4.69, 9.17) is 9.47 Å². The summed E-state index contributed by atoms with van der Waals surface area (Å²) in [4.78, 5) is 15.1. The summed E-state index contributed by atoms with van der Waals surface area (Å²) in [5, 5.41) is 5.15. The third kappa shape index (κ3) is 4.75. The summed E-state index contributed by atoms with van der Waals surface area (Å²) in [6.07, 6.45) is 0. The first-order valence-electron chi connectivity index (χ1n) is 9.96. The molecule has 0 saturated carbocycles. The highest BCUT2D eigenvalue weighted by molar-refractivity contribution is 5.98. The van der Waals surface area contributed by atoms with E-state index in [0.29, 0.717) is 12.1 Å². The van der Waals surface area contributed by atoms with Gasteiger partial charge in [0, 0.05) is 31.7 Å². The second kappa shape index (κ2) is 9.07. The SMILES string of the molecule is COc1ccc2cc(C(=O)NCc3ccccc3CN3CCOCC3)ccc2c1. The highest BCUT2D eigenvalue weighted by atomic mass is 16.5. The Morgan fingerprint density at radius 2 is 1.72 bits per heavy atom. The van der Waals surface area contributed by atoms with Crippen molar-refractivity contribution in [3.05, 3.63) is 77.4 Å². The molecule has 3 aromatic carbocycles. The third-order valence-corrected chi connectivity index (χ3v) is 5.37. The highest BCUT2D eigenvalue weighted by Crippen LogP contribution is 2.22. The summed E-state index contributed by atoms with van der Waals surface area (Å²) < 4.78 is 10.7. The van der Waals surface area contributed by atoms with Crippen LogP contribution in [-0.2, 0) is 17.8 Å². The number of ether oxygens (including phenoxy) is 2. The second-order valence-electron chi connectivity index (χ2n) is 7.27. The van der Waals surface area contributed by atoms with Crippen molar-refractivity contribution in [3.63, 3.8) is 0 Å². The van der Waals surface area contributed by atoms with Crippen LogP contribution in [0.4, 0.5) is 0 Å². The van der Waals surface area contributed by atoms with Crippen LogP contribution in [0.2, 0.25) is 0 Å². The number of amides is 1. The average molecular weight is 390 g/mol. The van der Waals surface area contributed by atoms with Gasteiger partial charge in [-0.1, -0.05) is 36.4 Å². The molecule has 29 heavy (non-hydrogen) atoms. The van der Waals surface area contributed by atoms with Crippen LogP contribution < -0.4 is 10.1 Å². The smallest absolute Gasteiger partial charge is 0.251 e. The number of nitrogens with zero attached hydrogens (tertiary/aromatic N) is 1. The number of morpholine rings is 1. The quantitative estimate of drug-likeness (QED) is 0.699. The van der Waals surface area contributed by atoms with Crippen LogP contribution in [-0.4, -0.2) is 44.2 Å². The van der Waals surface area contributed by atoms with Crippen LogP contribution in [0.5, 0.6) is 5.75 Å². The van der Waals surface area contributed by atoms with Crippen molar-refractivity contribution in [3.8, 4) is 5.75 Å². The van der Waals surface area contributed by atoms with Gasteiger partial charge in [0.25, 0.3) is 5.91 Å². The molecule has 0 aromatic heterocycles. The molecule has 1 aliphatic heterocycles. The molecule has 5 heteroatoms. The Morgan fingerprint density at radius 3 is 2.52 bits per heavy atom. The van der Waals surface area contributed by atoms with Crippen LogP contribution in [0.3, 0.4) is 0 Å². The lowest BCUT2D eigenvalue weighted by molar-refractivity contribution is 0.0340. The normalized spacial score (nSPS) is 14.7. The van der Waals surface area contributed by atoms with Crippen molar-refractivity contribution < 1.29 is 14.3 Å². The van der Waals surface area contributed by atoms with Gasteiger partial charge in [0.2, 0.25) is 0 Å². The van der Waals surface area contributed by atoms with Crippen LogP contribution in [0, 0.1) is 0 Å². The van der Waals surface area contributed by atoms with E-state index in [1.165, 1.54) is 5.56 Å². The second-order valence-corrected chi connectivity index (χ2v) is 7.27. The molecule has 150 valence electrons. The summed E-state index contributed by atoms with van der Waals surface area (Å²) >= 11 is 0. The van der Waals surface area contributed by atoms with E-state index in [0.717, 1.165) is 54.9 Å². The summed E-state index contributed by atoms with van der Waals surface area (Å²) in [7, 11) is 1.65. The number of hydrogen-bond donors (Lipinski definition) is 1.